The van der Waals surface area contributed by atoms with E-state index in [0.29, 0.717) is 5.56 Å². The zero-order chi connectivity index (χ0) is 19.2. The van der Waals surface area contributed by atoms with Crippen molar-refractivity contribution < 1.29 is 18.9 Å². The van der Waals surface area contributed by atoms with Crippen LogP contribution in [0.5, 0.6) is 0 Å². The Balaban J connectivity index is 1.84. The maximum absolute atomic E-state index is 12.7. The highest BCUT2D eigenvalue weighted by atomic mass is 16.5. The molecule has 0 saturated carbocycles. The molecular weight excluding hydrogens is 348 g/mol. The number of benzene rings is 1. The second-order valence-electron chi connectivity index (χ2n) is 5.75. The van der Waals surface area contributed by atoms with Gasteiger partial charge in [-0.1, -0.05) is 35.5 Å². The van der Waals surface area contributed by atoms with Crippen LogP contribution in [0.15, 0.2) is 65.6 Å². The van der Waals surface area contributed by atoms with Crippen LogP contribution in [0.4, 0.5) is 0 Å². The summed E-state index contributed by atoms with van der Waals surface area (Å²) in [5, 5.41) is 6.20. The van der Waals surface area contributed by atoms with Crippen LogP contribution in [-0.4, -0.2) is 33.8 Å². The minimum absolute atomic E-state index is 0.123. The molecule has 1 aromatic carbocycles. The number of nitrogens with two attached hydrogens (primary N) is 1. The van der Waals surface area contributed by atoms with Gasteiger partial charge in [-0.25, -0.2) is 0 Å². The number of carbonyl (C=O) groups excluding carboxylic acids is 3. The van der Waals surface area contributed by atoms with Crippen LogP contribution < -0.4 is 11.1 Å². The van der Waals surface area contributed by atoms with E-state index in [2.05, 4.69) is 15.5 Å². The fraction of sp³-hybridized carbons (Fsp3) is 0.105. The molecular formula is C19H16N4O4. The number of Topliss-reactive ketones (excluding diaryl/α,β-unsaturated/α-hetero) is 1. The lowest BCUT2D eigenvalue weighted by atomic mass is 10.0. The van der Waals surface area contributed by atoms with E-state index in [1.54, 1.807) is 42.6 Å². The van der Waals surface area contributed by atoms with Gasteiger partial charge in [-0.15, -0.1) is 0 Å². The van der Waals surface area contributed by atoms with Gasteiger partial charge in [0.1, 0.15) is 11.6 Å². The molecule has 0 bridgehead atoms. The molecule has 2 amide bonds. The third kappa shape index (κ3) is 4.24. The zero-order valence-electron chi connectivity index (χ0n) is 14.2. The van der Waals surface area contributed by atoms with Gasteiger partial charge in [0.05, 0.1) is 6.20 Å². The van der Waals surface area contributed by atoms with Gasteiger partial charge >= 0.3 is 0 Å². The Kier molecular flexibility index (Phi) is 5.36. The summed E-state index contributed by atoms with van der Waals surface area (Å²) in [6.45, 7) is 0. The molecule has 0 fully saturated rings. The molecule has 8 nitrogen and oxygen atoms in total. The monoisotopic (exact) mass is 364 g/mol. The molecule has 0 aliphatic heterocycles. The van der Waals surface area contributed by atoms with E-state index in [1.165, 1.54) is 12.4 Å². The van der Waals surface area contributed by atoms with E-state index in [-0.39, 0.29) is 17.7 Å². The molecule has 1 atom stereocenters. The quantitative estimate of drug-likeness (QED) is 0.605. The number of nitrogens with zero attached hydrogens (tertiary/aromatic N) is 2. The van der Waals surface area contributed by atoms with Gasteiger partial charge in [0.25, 0.3) is 11.8 Å². The van der Waals surface area contributed by atoms with Gasteiger partial charge in [0, 0.05) is 24.4 Å². The normalized spacial score (nSPS) is 11.6. The second kappa shape index (κ2) is 8.05. The number of aromatic nitrogens is 2. The second-order valence-corrected chi connectivity index (χ2v) is 5.75. The molecule has 0 aliphatic carbocycles. The standard InChI is InChI=1S/C19H16N4O4/c20-18(25)16(24)15(9-12-5-2-1-3-6-12)23-19(26)14-11-22-27-17(14)13-7-4-8-21-10-13/h1-8,10-11,15H,9H2,(H2,20,25)(H,23,26). The third-order valence-electron chi connectivity index (χ3n) is 3.89. The Morgan fingerprint density at radius 2 is 1.85 bits per heavy atom. The number of pyridine rings is 1. The molecule has 8 heteroatoms. The molecule has 2 aromatic heterocycles. The minimum Gasteiger partial charge on any atom is -0.363 e. The Morgan fingerprint density at radius 1 is 1.07 bits per heavy atom. The summed E-state index contributed by atoms with van der Waals surface area (Å²) in [5.74, 6) is -2.39. The topological polar surface area (TPSA) is 128 Å². The third-order valence-corrected chi connectivity index (χ3v) is 3.89. The predicted octanol–water partition coefficient (Wildman–Crippen LogP) is 1.13. The van der Waals surface area contributed by atoms with Crippen LogP contribution in [0, 0.1) is 0 Å². The van der Waals surface area contributed by atoms with Crippen molar-refractivity contribution in [1.82, 2.24) is 15.5 Å². The Bertz CT molecular complexity index is 954. The summed E-state index contributed by atoms with van der Waals surface area (Å²) < 4.78 is 5.15. The highest BCUT2D eigenvalue weighted by Crippen LogP contribution is 2.22. The molecule has 1 unspecified atom stereocenters. The molecule has 0 spiro atoms. The van der Waals surface area contributed by atoms with E-state index in [4.69, 9.17) is 10.3 Å². The summed E-state index contributed by atoms with van der Waals surface area (Å²) in [7, 11) is 0. The van der Waals surface area contributed by atoms with Crippen LogP contribution in [0.25, 0.3) is 11.3 Å². The van der Waals surface area contributed by atoms with Crippen molar-refractivity contribution in [3.05, 3.63) is 72.2 Å². The van der Waals surface area contributed by atoms with Gasteiger partial charge in [-0.05, 0) is 17.7 Å². The first-order chi connectivity index (χ1) is 13.1. The maximum atomic E-state index is 12.7. The fourth-order valence-corrected chi connectivity index (χ4v) is 2.57. The van der Waals surface area contributed by atoms with Crippen LogP contribution >= 0.6 is 0 Å². The number of ketones is 1. The van der Waals surface area contributed by atoms with Crippen molar-refractivity contribution in [2.75, 3.05) is 0 Å². The number of primary amides is 1. The SMILES string of the molecule is NC(=O)C(=O)C(Cc1ccccc1)NC(=O)c1cnoc1-c1cccnc1. The van der Waals surface area contributed by atoms with Crippen molar-refractivity contribution in [2.45, 2.75) is 12.5 Å². The van der Waals surface area contributed by atoms with E-state index < -0.39 is 23.6 Å². The molecule has 3 N–H and O–H groups in total. The summed E-state index contributed by atoms with van der Waals surface area (Å²) >= 11 is 0. The first-order valence-electron chi connectivity index (χ1n) is 8.09. The molecule has 27 heavy (non-hydrogen) atoms. The molecule has 3 aromatic rings. The average molecular weight is 364 g/mol. The maximum Gasteiger partial charge on any atom is 0.287 e. The number of amides is 2. The largest absolute Gasteiger partial charge is 0.363 e. The number of hydrogen-bond donors (Lipinski definition) is 2. The van der Waals surface area contributed by atoms with Crippen LogP contribution in [-0.2, 0) is 16.0 Å². The lowest BCUT2D eigenvalue weighted by molar-refractivity contribution is -0.137. The van der Waals surface area contributed by atoms with E-state index in [0.717, 1.165) is 5.56 Å². The average Bonchev–Trinajstić information content (AvgIpc) is 3.18. The van der Waals surface area contributed by atoms with Gasteiger partial charge in [0.2, 0.25) is 5.78 Å². The number of nitrogens with one attached hydrogen (secondary N) is 1. The van der Waals surface area contributed by atoms with Crippen molar-refractivity contribution in [2.24, 2.45) is 5.73 Å². The molecule has 0 aliphatic rings. The first kappa shape index (κ1) is 18.0. The summed E-state index contributed by atoms with van der Waals surface area (Å²) in [5.41, 5.74) is 6.58. The highest BCUT2D eigenvalue weighted by Gasteiger charge is 2.28. The van der Waals surface area contributed by atoms with E-state index in [9.17, 15) is 14.4 Å². The highest BCUT2D eigenvalue weighted by molar-refractivity contribution is 6.38. The van der Waals surface area contributed by atoms with Crippen LogP contribution in [0.3, 0.4) is 0 Å². The van der Waals surface area contributed by atoms with Crippen LogP contribution in [0.1, 0.15) is 15.9 Å². The number of hydrogen-bond acceptors (Lipinski definition) is 6. The molecule has 3 rings (SSSR count). The lowest BCUT2D eigenvalue weighted by Gasteiger charge is -2.16. The summed E-state index contributed by atoms with van der Waals surface area (Å²) in [4.78, 5) is 40.2. The first-order valence-corrected chi connectivity index (χ1v) is 8.09. The van der Waals surface area contributed by atoms with Crippen molar-refractivity contribution >= 4 is 17.6 Å². The molecule has 2 heterocycles. The smallest absolute Gasteiger partial charge is 0.287 e. The summed E-state index contributed by atoms with van der Waals surface area (Å²) in [6, 6.07) is 11.3. The van der Waals surface area contributed by atoms with Crippen molar-refractivity contribution in [3.8, 4) is 11.3 Å². The molecule has 136 valence electrons. The Hall–Kier alpha value is -3.81. The molecule has 0 radical (unpaired) electrons. The number of carbonyl (C=O) groups is 3. The lowest BCUT2D eigenvalue weighted by Crippen LogP contribution is -2.47. The van der Waals surface area contributed by atoms with Crippen molar-refractivity contribution in [3.63, 3.8) is 0 Å². The van der Waals surface area contributed by atoms with Crippen molar-refractivity contribution in [1.29, 1.82) is 0 Å². The van der Waals surface area contributed by atoms with Crippen LogP contribution in [0.2, 0.25) is 0 Å². The molecule has 0 saturated heterocycles. The zero-order valence-corrected chi connectivity index (χ0v) is 14.2. The predicted molar refractivity (Wildman–Crippen MR) is 95.3 cm³/mol. The van der Waals surface area contributed by atoms with E-state index in [1.807, 2.05) is 6.07 Å². The Morgan fingerprint density at radius 3 is 2.52 bits per heavy atom. The Labute approximate surface area is 154 Å². The fourth-order valence-electron chi connectivity index (χ4n) is 2.57. The van der Waals surface area contributed by atoms with Gasteiger partial charge in [-0.3, -0.25) is 19.4 Å². The minimum atomic E-state index is -1.12. The number of rotatable bonds is 7. The van der Waals surface area contributed by atoms with Gasteiger partial charge in [0.15, 0.2) is 5.76 Å². The van der Waals surface area contributed by atoms with Gasteiger partial charge < -0.3 is 15.6 Å². The van der Waals surface area contributed by atoms with Gasteiger partial charge in [-0.2, -0.15) is 0 Å². The van der Waals surface area contributed by atoms with E-state index >= 15 is 0 Å². The summed E-state index contributed by atoms with van der Waals surface area (Å²) in [6.07, 6.45) is 4.47.